The number of nitrogens with one attached hydrogen (secondary N) is 2. The van der Waals surface area contributed by atoms with Gasteiger partial charge in [-0.3, -0.25) is 8.98 Å². The first-order valence-electron chi connectivity index (χ1n) is 23.1. The Morgan fingerprint density at radius 3 is 2.03 bits per heavy atom. The second-order valence-electron chi connectivity index (χ2n) is 16.7. The molecule has 2 heterocycles. The number of aryl methyl sites for hydroxylation is 1. The minimum absolute atomic E-state index is 0.0379. The Labute approximate surface area is 437 Å². The minimum atomic E-state index is -4.33. The number of esters is 1. The van der Waals surface area contributed by atoms with Crippen LogP contribution >= 0.6 is 11.3 Å². The molecule has 0 unspecified atom stereocenters. The van der Waals surface area contributed by atoms with Crippen molar-refractivity contribution in [3.8, 4) is 23.0 Å². The van der Waals surface area contributed by atoms with E-state index in [1.165, 1.54) is 30.1 Å². The van der Waals surface area contributed by atoms with Crippen LogP contribution < -0.4 is 29.0 Å². The Morgan fingerprint density at radius 1 is 0.707 bits per heavy atom. The fourth-order valence-electron chi connectivity index (χ4n) is 7.81. The third kappa shape index (κ3) is 13.3. The summed E-state index contributed by atoms with van der Waals surface area (Å²) in [4.78, 5) is 30.3. The number of nitrogens with zero attached hydrogens (tertiary/aromatic N) is 4. The van der Waals surface area contributed by atoms with Crippen LogP contribution in [0.5, 0.6) is 23.0 Å². The summed E-state index contributed by atoms with van der Waals surface area (Å²) in [5.41, 5.74) is 2.94. The van der Waals surface area contributed by atoms with Crippen LogP contribution in [-0.2, 0) is 68.7 Å². The van der Waals surface area contributed by atoms with Crippen LogP contribution in [0.25, 0.3) is 10.2 Å². The Morgan fingerprint density at radius 2 is 1.36 bits per heavy atom. The lowest BCUT2D eigenvalue weighted by Crippen LogP contribution is -2.47. The van der Waals surface area contributed by atoms with E-state index >= 15 is 0 Å². The van der Waals surface area contributed by atoms with Crippen molar-refractivity contribution >= 4 is 53.6 Å². The highest BCUT2D eigenvalue weighted by molar-refractivity contribution is 7.91. The zero-order valence-corrected chi connectivity index (χ0v) is 43.5. The van der Waals surface area contributed by atoms with Crippen molar-refractivity contribution in [1.29, 1.82) is 0 Å². The molecule has 8 aromatic rings. The molecular formula is C53H52N6O13S3. The van der Waals surface area contributed by atoms with Crippen molar-refractivity contribution in [3.63, 3.8) is 0 Å². The number of carbonyl (C=O) groups is 2. The van der Waals surface area contributed by atoms with Crippen LogP contribution in [-0.4, -0.2) is 95.9 Å². The predicted octanol–water partition coefficient (Wildman–Crippen LogP) is 6.72. The summed E-state index contributed by atoms with van der Waals surface area (Å²) in [6.45, 7) is 1.09. The number of methoxy groups -OCH3 is 3. The molecule has 0 aliphatic heterocycles. The smallest absolute Gasteiger partial charge is 0.330 e. The number of ether oxygens (including phenoxy) is 6. The molecule has 0 bridgehead atoms. The van der Waals surface area contributed by atoms with Crippen molar-refractivity contribution in [2.45, 2.75) is 47.5 Å². The van der Waals surface area contributed by atoms with Gasteiger partial charge in [0.05, 0.1) is 55.9 Å². The largest absolute Gasteiger partial charge is 0.497 e. The first-order valence-corrected chi connectivity index (χ1v) is 26.8. The predicted molar refractivity (Wildman–Crippen MR) is 276 cm³/mol. The van der Waals surface area contributed by atoms with Crippen molar-refractivity contribution in [2.24, 2.45) is 0 Å². The SMILES string of the molecule is COC(=O)[C@H](COCc1cccc(OCCOS(=O)(=O)c2ccc(C)cc2)c1)NC(=O)Cn1cc(COc2ccc3nc(S(=O)(=O)NC(c4ccccc4)(c4ccc(OC)cc4)c4ccc(OC)cc4)sc3c2)nn1. The van der Waals surface area contributed by atoms with E-state index in [1.54, 1.807) is 93.1 Å². The highest BCUT2D eigenvalue weighted by atomic mass is 32.2. The summed E-state index contributed by atoms with van der Waals surface area (Å²) in [7, 11) is -3.95. The van der Waals surface area contributed by atoms with Gasteiger partial charge in [0, 0.05) is 0 Å². The van der Waals surface area contributed by atoms with E-state index in [-0.39, 0.29) is 48.8 Å². The molecule has 8 rings (SSSR count). The van der Waals surface area contributed by atoms with Crippen molar-refractivity contribution in [3.05, 3.63) is 185 Å². The second kappa shape index (κ2) is 24.1. The maximum atomic E-state index is 14.6. The molecule has 19 nitrogen and oxygen atoms in total. The molecule has 0 aliphatic carbocycles. The Bertz CT molecular complexity index is 3400. The summed E-state index contributed by atoms with van der Waals surface area (Å²) in [5, 5.41) is 10.8. The number of carbonyl (C=O) groups excluding carboxylic acids is 2. The molecule has 2 N–H and O–H groups in total. The number of rotatable bonds is 25. The van der Waals surface area contributed by atoms with E-state index in [4.69, 9.17) is 32.6 Å². The molecule has 0 saturated heterocycles. The van der Waals surface area contributed by atoms with Crippen LogP contribution in [0, 0.1) is 6.92 Å². The quantitative estimate of drug-likeness (QED) is 0.0262. The number of thiazole rings is 1. The molecule has 1 atom stereocenters. The van der Waals surface area contributed by atoms with E-state index in [0.29, 0.717) is 61.2 Å². The topological polar surface area (TPSA) is 235 Å². The molecule has 390 valence electrons. The van der Waals surface area contributed by atoms with Gasteiger partial charge in [-0.1, -0.05) is 89.6 Å². The summed E-state index contributed by atoms with van der Waals surface area (Å²) < 4.78 is 97.2. The van der Waals surface area contributed by atoms with Crippen LogP contribution in [0.4, 0.5) is 0 Å². The van der Waals surface area contributed by atoms with Gasteiger partial charge < -0.3 is 33.7 Å². The third-order valence-electron chi connectivity index (χ3n) is 11.6. The van der Waals surface area contributed by atoms with Gasteiger partial charge in [-0.2, -0.15) is 13.1 Å². The molecule has 2 aromatic heterocycles. The Hall–Kier alpha value is -7.73. The zero-order valence-electron chi connectivity index (χ0n) is 41.1. The number of benzene rings is 6. The highest BCUT2D eigenvalue weighted by Crippen LogP contribution is 2.40. The second-order valence-corrected chi connectivity index (χ2v) is 21.2. The monoisotopic (exact) mass is 1080 g/mol. The maximum absolute atomic E-state index is 14.6. The number of sulfonamides is 1. The van der Waals surface area contributed by atoms with E-state index in [0.717, 1.165) is 16.9 Å². The maximum Gasteiger partial charge on any atom is 0.330 e. The average molecular weight is 1080 g/mol. The van der Waals surface area contributed by atoms with Crippen molar-refractivity contribution in [1.82, 2.24) is 30.0 Å². The van der Waals surface area contributed by atoms with E-state index in [9.17, 15) is 26.4 Å². The summed E-state index contributed by atoms with van der Waals surface area (Å²) in [6, 6.07) is 40.7. The molecule has 22 heteroatoms. The first-order chi connectivity index (χ1) is 36.2. The van der Waals surface area contributed by atoms with Crippen LogP contribution in [0.1, 0.15) is 33.5 Å². The van der Waals surface area contributed by atoms with Gasteiger partial charge in [0.2, 0.25) is 10.2 Å². The highest BCUT2D eigenvalue weighted by Gasteiger charge is 2.42. The number of fused-ring (bicyclic) bond motifs is 1. The molecule has 0 aliphatic rings. The number of hydrogen-bond acceptors (Lipinski definition) is 17. The number of hydrogen-bond donors (Lipinski definition) is 2. The first kappa shape index (κ1) is 53.6. The van der Waals surface area contributed by atoms with Gasteiger partial charge in [-0.05, 0) is 95.9 Å². The standard InChI is InChI=1S/C53H52N6O13S3/c1-36-13-24-46(25-14-36)75(64,65)72-28-27-70-44-12-8-9-37(29-44)33-69-35-48(51(61)68-4)54-50(60)32-59-31-41(56-58-59)34-71-45-23-26-47-49(30-45)73-52(55-47)74(62,63)57-53(38-10-6-5-7-11-38,39-15-19-42(66-2)20-16-39)40-17-21-43(67-3)22-18-40/h5-26,29-31,48,57H,27-28,32-35H2,1-4H3,(H,54,60)/t48-/m0/s1. The summed E-state index contributed by atoms with van der Waals surface area (Å²) in [5.74, 6) is 0.757. The number of aromatic nitrogens is 4. The Kier molecular flexibility index (Phi) is 17.2. The van der Waals surface area contributed by atoms with Crippen LogP contribution in [0.15, 0.2) is 161 Å². The number of amides is 1. The lowest BCUT2D eigenvalue weighted by molar-refractivity contribution is -0.147. The minimum Gasteiger partial charge on any atom is -0.497 e. The zero-order chi connectivity index (χ0) is 53.0. The van der Waals surface area contributed by atoms with E-state index in [2.05, 4.69) is 25.3 Å². The molecule has 0 fully saturated rings. The lowest BCUT2D eigenvalue weighted by Gasteiger charge is -2.36. The average Bonchev–Trinajstić information content (AvgIpc) is 4.09. The van der Waals surface area contributed by atoms with Crippen LogP contribution in [0.3, 0.4) is 0 Å². The van der Waals surface area contributed by atoms with Crippen molar-refractivity contribution in [2.75, 3.05) is 41.2 Å². The van der Waals surface area contributed by atoms with Gasteiger partial charge >= 0.3 is 5.97 Å². The summed E-state index contributed by atoms with van der Waals surface area (Å²) in [6.07, 6.45) is 1.51. The van der Waals surface area contributed by atoms with Gasteiger partial charge in [0.1, 0.15) is 60.6 Å². The molecule has 1 amide bonds. The lowest BCUT2D eigenvalue weighted by atomic mass is 9.78. The van der Waals surface area contributed by atoms with Gasteiger partial charge in [-0.15, -0.1) is 16.4 Å². The van der Waals surface area contributed by atoms with E-state index in [1.807, 2.05) is 61.5 Å². The fraction of sp³-hybridized carbons (Fsp3) is 0.226. The fourth-order valence-corrected chi connectivity index (χ4v) is 11.3. The molecule has 0 radical (unpaired) electrons. The molecule has 0 spiro atoms. The normalized spacial score (nSPS) is 12.2. The molecule has 6 aromatic carbocycles. The Balaban J connectivity index is 0.859. The third-order valence-corrected chi connectivity index (χ3v) is 15.7. The molecule has 75 heavy (non-hydrogen) atoms. The van der Waals surface area contributed by atoms with Gasteiger partial charge in [0.15, 0.2) is 6.04 Å². The van der Waals surface area contributed by atoms with Crippen LogP contribution in [0.2, 0.25) is 0 Å². The van der Waals surface area contributed by atoms with Gasteiger partial charge in [-0.25, -0.2) is 22.9 Å². The van der Waals surface area contributed by atoms with Gasteiger partial charge in [0.25, 0.3) is 20.1 Å². The molecular weight excluding hydrogens is 1020 g/mol. The van der Waals surface area contributed by atoms with Crippen molar-refractivity contribution < 1.29 is 59.0 Å². The summed E-state index contributed by atoms with van der Waals surface area (Å²) >= 11 is 0.981. The molecule has 0 saturated carbocycles. The van der Waals surface area contributed by atoms with E-state index < -0.39 is 43.6 Å².